The van der Waals surface area contributed by atoms with E-state index in [9.17, 15) is 5.11 Å². The normalized spacial score (nSPS) is 18.5. The molecule has 0 aromatic heterocycles. The van der Waals surface area contributed by atoms with E-state index in [1.807, 2.05) is 0 Å². The van der Waals surface area contributed by atoms with Crippen LogP contribution in [-0.2, 0) is 6.42 Å². The van der Waals surface area contributed by atoms with Crippen molar-refractivity contribution in [3.05, 3.63) is 35.4 Å². The van der Waals surface area contributed by atoms with Crippen LogP contribution in [0, 0.1) is 0 Å². The number of rotatable bonds is 5. The molecule has 2 rings (SSSR count). The van der Waals surface area contributed by atoms with E-state index < -0.39 is 0 Å². The molecule has 0 saturated carbocycles. The highest BCUT2D eigenvalue weighted by molar-refractivity contribution is 5.24. The van der Waals surface area contributed by atoms with Gasteiger partial charge in [-0.1, -0.05) is 31.2 Å². The number of hydrogen-bond acceptors (Lipinski definition) is 2. The molecule has 1 atom stereocenters. The average Bonchev–Trinajstić information content (AvgIpc) is 2.89. The minimum atomic E-state index is -0.304. The van der Waals surface area contributed by atoms with Gasteiger partial charge in [-0.05, 0) is 49.9 Å². The Balaban J connectivity index is 1.83. The van der Waals surface area contributed by atoms with Crippen molar-refractivity contribution in [2.75, 3.05) is 19.6 Å². The Hall–Kier alpha value is -0.860. The van der Waals surface area contributed by atoms with Gasteiger partial charge < -0.3 is 10.0 Å². The summed E-state index contributed by atoms with van der Waals surface area (Å²) in [6.07, 6.45) is 4.25. The van der Waals surface area contributed by atoms with E-state index in [2.05, 4.69) is 36.1 Å². The molecule has 1 N–H and O–H groups in total. The van der Waals surface area contributed by atoms with Crippen LogP contribution in [0.3, 0.4) is 0 Å². The molecule has 0 amide bonds. The zero-order chi connectivity index (χ0) is 12.1. The quantitative estimate of drug-likeness (QED) is 0.845. The second-order valence-electron chi connectivity index (χ2n) is 4.95. The van der Waals surface area contributed by atoms with Crippen LogP contribution < -0.4 is 0 Å². The topological polar surface area (TPSA) is 23.5 Å². The van der Waals surface area contributed by atoms with Crippen LogP contribution in [0.25, 0.3) is 0 Å². The molecule has 2 heteroatoms. The summed E-state index contributed by atoms with van der Waals surface area (Å²) >= 11 is 0. The number of likely N-dealkylation sites (tertiary alicyclic amines) is 1. The van der Waals surface area contributed by atoms with Crippen molar-refractivity contribution in [2.45, 2.75) is 38.7 Å². The van der Waals surface area contributed by atoms with E-state index in [4.69, 9.17) is 0 Å². The molecule has 94 valence electrons. The van der Waals surface area contributed by atoms with Crippen LogP contribution in [-0.4, -0.2) is 29.6 Å². The number of aliphatic hydroxyl groups is 1. The predicted molar refractivity (Wildman–Crippen MR) is 71.1 cm³/mol. The lowest BCUT2D eigenvalue weighted by molar-refractivity contribution is 0.149. The van der Waals surface area contributed by atoms with E-state index in [1.54, 1.807) is 0 Å². The first kappa shape index (κ1) is 12.6. The van der Waals surface area contributed by atoms with E-state index in [0.29, 0.717) is 0 Å². The van der Waals surface area contributed by atoms with Crippen molar-refractivity contribution in [3.8, 4) is 0 Å². The summed E-state index contributed by atoms with van der Waals surface area (Å²) in [5, 5.41) is 10.1. The van der Waals surface area contributed by atoms with Crippen molar-refractivity contribution in [1.29, 1.82) is 0 Å². The Labute approximate surface area is 104 Å². The first-order valence-corrected chi connectivity index (χ1v) is 6.79. The van der Waals surface area contributed by atoms with Gasteiger partial charge in [0, 0.05) is 6.54 Å². The molecule has 1 saturated heterocycles. The highest BCUT2D eigenvalue weighted by atomic mass is 16.3. The van der Waals surface area contributed by atoms with Crippen molar-refractivity contribution < 1.29 is 5.11 Å². The Morgan fingerprint density at radius 1 is 1.18 bits per heavy atom. The van der Waals surface area contributed by atoms with Gasteiger partial charge in [0.15, 0.2) is 0 Å². The van der Waals surface area contributed by atoms with Gasteiger partial charge in [0.1, 0.15) is 0 Å². The van der Waals surface area contributed by atoms with Crippen LogP contribution in [0.15, 0.2) is 24.3 Å². The first-order valence-electron chi connectivity index (χ1n) is 6.79. The molecular weight excluding hydrogens is 210 g/mol. The van der Waals surface area contributed by atoms with Crippen LogP contribution in [0.2, 0.25) is 0 Å². The summed E-state index contributed by atoms with van der Waals surface area (Å²) in [6.45, 7) is 5.60. The van der Waals surface area contributed by atoms with E-state index in [-0.39, 0.29) is 6.10 Å². The van der Waals surface area contributed by atoms with Gasteiger partial charge in [-0.15, -0.1) is 0 Å². The zero-order valence-electron chi connectivity index (χ0n) is 10.7. The third-order valence-electron chi connectivity index (χ3n) is 3.69. The smallest absolute Gasteiger partial charge is 0.0802 e. The molecule has 0 spiro atoms. The predicted octanol–water partition coefficient (Wildman–Crippen LogP) is 2.77. The van der Waals surface area contributed by atoms with Crippen LogP contribution in [0.1, 0.15) is 43.4 Å². The van der Waals surface area contributed by atoms with Gasteiger partial charge in [0.05, 0.1) is 6.10 Å². The van der Waals surface area contributed by atoms with Crippen molar-refractivity contribution in [1.82, 2.24) is 4.90 Å². The van der Waals surface area contributed by atoms with Crippen LogP contribution >= 0.6 is 0 Å². The van der Waals surface area contributed by atoms with Gasteiger partial charge in [-0.2, -0.15) is 0 Å². The number of nitrogens with zero attached hydrogens (tertiary/aromatic N) is 1. The summed E-state index contributed by atoms with van der Waals surface area (Å²) in [5.74, 6) is 0. The Kier molecular flexibility index (Phi) is 4.57. The summed E-state index contributed by atoms with van der Waals surface area (Å²) in [5.41, 5.74) is 2.39. The molecule has 1 aromatic carbocycles. The van der Waals surface area contributed by atoms with Gasteiger partial charge in [-0.3, -0.25) is 0 Å². The summed E-state index contributed by atoms with van der Waals surface area (Å²) < 4.78 is 0. The number of benzene rings is 1. The molecule has 1 heterocycles. The Bertz CT molecular complexity index is 327. The molecule has 17 heavy (non-hydrogen) atoms. The number of aryl methyl sites for hydroxylation is 1. The van der Waals surface area contributed by atoms with Crippen molar-refractivity contribution >= 4 is 0 Å². The van der Waals surface area contributed by atoms with Gasteiger partial charge in [-0.25, -0.2) is 0 Å². The van der Waals surface area contributed by atoms with Crippen molar-refractivity contribution in [3.63, 3.8) is 0 Å². The Morgan fingerprint density at radius 3 is 2.41 bits per heavy atom. The number of aliphatic hydroxyl groups excluding tert-OH is 1. The van der Waals surface area contributed by atoms with Crippen LogP contribution in [0.4, 0.5) is 0 Å². The lowest BCUT2D eigenvalue weighted by atomic mass is 10.0. The summed E-state index contributed by atoms with van der Waals surface area (Å²) in [6, 6.07) is 8.36. The zero-order valence-corrected chi connectivity index (χ0v) is 10.7. The molecule has 0 aliphatic carbocycles. The fraction of sp³-hybridized carbons (Fsp3) is 0.600. The number of hydrogen-bond donors (Lipinski definition) is 1. The lowest BCUT2D eigenvalue weighted by Crippen LogP contribution is -2.22. The standard InChI is InChI=1S/C15H23NO/c1-2-13-5-7-14(8-6-13)15(17)9-12-16-10-3-4-11-16/h5-8,15,17H,2-4,9-12H2,1H3. The third kappa shape index (κ3) is 3.55. The fourth-order valence-corrected chi connectivity index (χ4v) is 2.45. The maximum Gasteiger partial charge on any atom is 0.0802 e. The molecule has 1 aliphatic heterocycles. The van der Waals surface area contributed by atoms with E-state index >= 15 is 0 Å². The molecule has 1 fully saturated rings. The van der Waals surface area contributed by atoms with E-state index in [0.717, 1.165) is 24.9 Å². The minimum absolute atomic E-state index is 0.304. The van der Waals surface area contributed by atoms with Crippen LogP contribution in [0.5, 0.6) is 0 Å². The second kappa shape index (κ2) is 6.18. The SMILES string of the molecule is CCc1ccc(C(O)CCN2CCCC2)cc1. The summed E-state index contributed by atoms with van der Waals surface area (Å²) in [4.78, 5) is 2.45. The lowest BCUT2D eigenvalue weighted by Gasteiger charge is -2.17. The largest absolute Gasteiger partial charge is 0.388 e. The first-order chi connectivity index (χ1) is 8.29. The molecule has 2 nitrogen and oxygen atoms in total. The van der Waals surface area contributed by atoms with Crippen molar-refractivity contribution in [2.24, 2.45) is 0 Å². The maximum absolute atomic E-state index is 10.1. The monoisotopic (exact) mass is 233 g/mol. The summed E-state index contributed by atoms with van der Waals surface area (Å²) in [7, 11) is 0. The van der Waals surface area contributed by atoms with Gasteiger partial charge in [0.2, 0.25) is 0 Å². The molecule has 1 unspecified atom stereocenters. The van der Waals surface area contributed by atoms with E-state index in [1.165, 1.54) is 31.5 Å². The molecule has 0 radical (unpaired) electrons. The molecular formula is C15H23NO. The highest BCUT2D eigenvalue weighted by Crippen LogP contribution is 2.19. The minimum Gasteiger partial charge on any atom is -0.388 e. The molecule has 1 aliphatic rings. The molecule has 0 bridgehead atoms. The van der Waals surface area contributed by atoms with Gasteiger partial charge >= 0.3 is 0 Å². The maximum atomic E-state index is 10.1. The Morgan fingerprint density at radius 2 is 1.82 bits per heavy atom. The average molecular weight is 233 g/mol. The third-order valence-corrected chi connectivity index (χ3v) is 3.69. The fourth-order valence-electron chi connectivity index (χ4n) is 2.45. The second-order valence-corrected chi connectivity index (χ2v) is 4.95. The van der Waals surface area contributed by atoms with Gasteiger partial charge in [0.25, 0.3) is 0 Å². The molecule has 1 aromatic rings. The highest BCUT2D eigenvalue weighted by Gasteiger charge is 2.14.